The molecular weight excluding hydrogens is 243 g/mol. The number of hydrogen-bond acceptors (Lipinski definition) is 3. The molecule has 2 N–H and O–H groups in total. The maximum absolute atomic E-state index is 13.9. The van der Waals surface area contributed by atoms with Crippen molar-refractivity contribution in [1.29, 1.82) is 0 Å². The standard InChI is InChI=1S/C15H23FN2O/c1-19-11-12-5-4-8-18(10-12)15(9-17)13-6-2-3-7-14(13)16/h2-3,6-7,12,15H,4-5,8-11,17H2,1H3. The van der Waals surface area contributed by atoms with Crippen molar-refractivity contribution >= 4 is 0 Å². The molecule has 0 aliphatic carbocycles. The Bertz CT molecular complexity index is 397. The second-order valence-electron chi connectivity index (χ2n) is 5.23. The van der Waals surface area contributed by atoms with E-state index in [0.29, 0.717) is 18.0 Å². The number of nitrogens with two attached hydrogens (primary N) is 1. The normalized spacial score (nSPS) is 22.4. The summed E-state index contributed by atoms with van der Waals surface area (Å²) < 4.78 is 19.2. The second-order valence-corrected chi connectivity index (χ2v) is 5.23. The zero-order valence-electron chi connectivity index (χ0n) is 11.5. The summed E-state index contributed by atoms with van der Waals surface area (Å²) in [5.41, 5.74) is 6.60. The van der Waals surface area contributed by atoms with Crippen molar-refractivity contribution in [2.24, 2.45) is 11.7 Å². The van der Waals surface area contributed by atoms with E-state index in [9.17, 15) is 4.39 Å². The summed E-state index contributed by atoms with van der Waals surface area (Å²) in [4.78, 5) is 2.30. The molecule has 1 aliphatic heterocycles. The number of ether oxygens (including phenoxy) is 1. The molecule has 1 aromatic carbocycles. The smallest absolute Gasteiger partial charge is 0.128 e. The van der Waals surface area contributed by atoms with Crippen LogP contribution in [0.25, 0.3) is 0 Å². The van der Waals surface area contributed by atoms with Gasteiger partial charge < -0.3 is 10.5 Å². The zero-order valence-corrected chi connectivity index (χ0v) is 11.5. The summed E-state index contributed by atoms with van der Waals surface area (Å²) in [7, 11) is 1.73. The summed E-state index contributed by atoms with van der Waals surface area (Å²) in [6, 6.07) is 6.91. The molecule has 0 spiro atoms. The van der Waals surface area contributed by atoms with Crippen LogP contribution < -0.4 is 5.73 Å². The van der Waals surface area contributed by atoms with Gasteiger partial charge in [0.05, 0.1) is 6.61 Å². The lowest BCUT2D eigenvalue weighted by atomic mass is 9.95. The van der Waals surface area contributed by atoms with Gasteiger partial charge >= 0.3 is 0 Å². The third-order valence-corrected chi connectivity index (χ3v) is 3.88. The molecule has 19 heavy (non-hydrogen) atoms. The third-order valence-electron chi connectivity index (χ3n) is 3.88. The van der Waals surface area contributed by atoms with Crippen LogP contribution in [0.15, 0.2) is 24.3 Å². The van der Waals surface area contributed by atoms with Crippen LogP contribution in [0.3, 0.4) is 0 Å². The van der Waals surface area contributed by atoms with Crippen LogP contribution in [0.2, 0.25) is 0 Å². The Labute approximate surface area is 114 Å². The maximum atomic E-state index is 13.9. The number of nitrogens with zero attached hydrogens (tertiary/aromatic N) is 1. The molecule has 1 saturated heterocycles. The summed E-state index contributed by atoms with van der Waals surface area (Å²) in [5, 5.41) is 0. The van der Waals surface area contributed by atoms with E-state index >= 15 is 0 Å². The summed E-state index contributed by atoms with van der Waals surface area (Å²) in [6.45, 7) is 3.13. The van der Waals surface area contributed by atoms with Crippen LogP contribution in [0.5, 0.6) is 0 Å². The molecule has 0 radical (unpaired) electrons. The Morgan fingerprint density at radius 2 is 2.26 bits per heavy atom. The molecule has 0 bridgehead atoms. The number of rotatable bonds is 5. The average molecular weight is 266 g/mol. The van der Waals surface area contributed by atoms with Crippen LogP contribution in [-0.2, 0) is 4.74 Å². The molecule has 106 valence electrons. The Morgan fingerprint density at radius 1 is 1.47 bits per heavy atom. The van der Waals surface area contributed by atoms with Crippen molar-refractivity contribution < 1.29 is 9.13 Å². The lowest BCUT2D eigenvalue weighted by Crippen LogP contribution is -2.42. The molecule has 2 rings (SSSR count). The van der Waals surface area contributed by atoms with Crippen molar-refractivity contribution in [2.75, 3.05) is 33.4 Å². The molecule has 1 aromatic rings. The van der Waals surface area contributed by atoms with Gasteiger partial charge in [-0.25, -0.2) is 4.39 Å². The minimum absolute atomic E-state index is 0.0270. The van der Waals surface area contributed by atoms with Crippen molar-refractivity contribution in [3.05, 3.63) is 35.6 Å². The molecule has 1 aliphatic rings. The second kappa shape index (κ2) is 6.98. The van der Waals surface area contributed by atoms with E-state index in [1.807, 2.05) is 12.1 Å². The fourth-order valence-corrected chi connectivity index (χ4v) is 2.97. The zero-order chi connectivity index (χ0) is 13.7. The lowest BCUT2D eigenvalue weighted by Gasteiger charge is -2.38. The molecule has 1 heterocycles. The molecule has 2 unspecified atom stereocenters. The van der Waals surface area contributed by atoms with E-state index in [-0.39, 0.29) is 11.9 Å². The van der Waals surface area contributed by atoms with E-state index in [1.54, 1.807) is 13.2 Å². The average Bonchev–Trinajstić information content (AvgIpc) is 2.43. The number of methoxy groups -OCH3 is 1. The molecule has 0 aromatic heterocycles. The van der Waals surface area contributed by atoms with Crippen molar-refractivity contribution in [3.63, 3.8) is 0 Å². The van der Waals surface area contributed by atoms with E-state index in [0.717, 1.165) is 26.1 Å². The Morgan fingerprint density at radius 3 is 2.95 bits per heavy atom. The van der Waals surface area contributed by atoms with Gasteiger partial charge in [0, 0.05) is 31.8 Å². The molecular formula is C15H23FN2O. The largest absolute Gasteiger partial charge is 0.384 e. The minimum atomic E-state index is -0.160. The van der Waals surface area contributed by atoms with Crippen molar-refractivity contribution in [1.82, 2.24) is 4.90 Å². The molecule has 2 atom stereocenters. The van der Waals surface area contributed by atoms with Crippen LogP contribution >= 0.6 is 0 Å². The molecule has 1 fully saturated rings. The number of halogens is 1. The van der Waals surface area contributed by atoms with Crippen LogP contribution in [-0.4, -0.2) is 38.3 Å². The van der Waals surface area contributed by atoms with Gasteiger partial charge in [-0.2, -0.15) is 0 Å². The van der Waals surface area contributed by atoms with Crippen LogP contribution in [0, 0.1) is 11.7 Å². The van der Waals surface area contributed by atoms with E-state index < -0.39 is 0 Å². The highest BCUT2D eigenvalue weighted by atomic mass is 19.1. The van der Waals surface area contributed by atoms with Gasteiger partial charge in [-0.3, -0.25) is 4.90 Å². The summed E-state index contributed by atoms with van der Waals surface area (Å²) in [6.07, 6.45) is 2.30. The van der Waals surface area contributed by atoms with Crippen LogP contribution in [0.4, 0.5) is 4.39 Å². The first kappa shape index (κ1) is 14.4. The highest BCUT2D eigenvalue weighted by Gasteiger charge is 2.27. The topological polar surface area (TPSA) is 38.5 Å². The highest BCUT2D eigenvalue weighted by Crippen LogP contribution is 2.27. The van der Waals surface area contributed by atoms with E-state index in [1.165, 1.54) is 12.5 Å². The van der Waals surface area contributed by atoms with Crippen molar-refractivity contribution in [2.45, 2.75) is 18.9 Å². The Balaban J connectivity index is 2.11. The Kier molecular flexibility index (Phi) is 5.31. The van der Waals surface area contributed by atoms with Gasteiger partial charge in [0.15, 0.2) is 0 Å². The maximum Gasteiger partial charge on any atom is 0.128 e. The first-order valence-corrected chi connectivity index (χ1v) is 6.93. The van der Waals surface area contributed by atoms with Gasteiger partial charge in [0.25, 0.3) is 0 Å². The Hall–Kier alpha value is -0.970. The fourth-order valence-electron chi connectivity index (χ4n) is 2.97. The van der Waals surface area contributed by atoms with Crippen LogP contribution in [0.1, 0.15) is 24.4 Å². The molecule has 0 saturated carbocycles. The molecule has 3 nitrogen and oxygen atoms in total. The minimum Gasteiger partial charge on any atom is -0.384 e. The fraction of sp³-hybridized carbons (Fsp3) is 0.600. The first-order valence-electron chi connectivity index (χ1n) is 6.93. The predicted molar refractivity (Wildman–Crippen MR) is 74.4 cm³/mol. The van der Waals surface area contributed by atoms with Gasteiger partial charge in [-0.1, -0.05) is 18.2 Å². The SMILES string of the molecule is COCC1CCCN(C(CN)c2ccccc2F)C1. The predicted octanol–water partition coefficient (Wildman–Crippen LogP) is 2.18. The molecule has 0 amide bonds. The number of hydrogen-bond donors (Lipinski definition) is 1. The number of benzene rings is 1. The quantitative estimate of drug-likeness (QED) is 0.888. The third kappa shape index (κ3) is 3.53. The van der Waals surface area contributed by atoms with Gasteiger partial charge in [0.2, 0.25) is 0 Å². The van der Waals surface area contributed by atoms with Crippen molar-refractivity contribution in [3.8, 4) is 0 Å². The monoisotopic (exact) mass is 266 g/mol. The lowest BCUT2D eigenvalue weighted by molar-refractivity contribution is 0.0688. The van der Waals surface area contributed by atoms with Gasteiger partial charge in [0.1, 0.15) is 5.82 Å². The summed E-state index contributed by atoms with van der Waals surface area (Å²) >= 11 is 0. The summed E-state index contributed by atoms with van der Waals surface area (Å²) in [5.74, 6) is 0.367. The van der Waals surface area contributed by atoms with E-state index in [4.69, 9.17) is 10.5 Å². The molecule has 4 heteroatoms. The number of piperidine rings is 1. The first-order chi connectivity index (χ1) is 9.26. The van der Waals surface area contributed by atoms with Gasteiger partial charge in [-0.15, -0.1) is 0 Å². The van der Waals surface area contributed by atoms with E-state index in [2.05, 4.69) is 4.90 Å². The highest BCUT2D eigenvalue weighted by molar-refractivity contribution is 5.21. The van der Waals surface area contributed by atoms with Gasteiger partial charge in [-0.05, 0) is 31.4 Å². The number of likely N-dealkylation sites (tertiary alicyclic amines) is 1.